The largest absolute Gasteiger partial charge is 0.371 e. The van der Waals surface area contributed by atoms with Crippen LogP contribution in [0.5, 0.6) is 0 Å². The molecular weight excluding hydrogens is 212 g/mol. The number of benzene rings is 1. The molecule has 4 nitrogen and oxygen atoms in total. The monoisotopic (exact) mass is 226 g/mol. The summed E-state index contributed by atoms with van der Waals surface area (Å²) >= 11 is 0. The topological polar surface area (TPSA) is 63.4 Å². The SMILES string of the molecule is NS(=O)(=O)c1cccc(N2CCCC2)c1. The summed E-state index contributed by atoms with van der Waals surface area (Å²) in [6.07, 6.45) is 2.33. The normalized spacial score (nSPS) is 17.0. The third kappa shape index (κ3) is 2.30. The van der Waals surface area contributed by atoms with E-state index in [1.807, 2.05) is 6.07 Å². The van der Waals surface area contributed by atoms with Gasteiger partial charge in [0, 0.05) is 18.8 Å². The summed E-state index contributed by atoms with van der Waals surface area (Å²) in [6.45, 7) is 1.99. The van der Waals surface area contributed by atoms with Gasteiger partial charge in [-0.05, 0) is 31.0 Å². The molecule has 0 amide bonds. The van der Waals surface area contributed by atoms with Crippen molar-refractivity contribution < 1.29 is 8.42 Å². The summed E-state index contributed by atoms with van der Waals surface area (Å²) in [6, 6.07) is 6.81. The molecule has 0 bridgehead atoms. The minimum Gasteiger partial charge on any atom is -0.371 e. The lowest BCUT2D eigenvalue weighted by Crippen LogP contribution is -2.19. The molecule has 1 saturated heterocycles. The van der Waals surface area contributed by atoms with Crippen LogP contribution in [0, 0.1) is 0 Å². The van der Waals surface area contributed by atoms with Gasteiger partial charge in [0.1, 0.15) is 0 Å². The van der Waals surface area contributed by atoms with Gasteiger partial charge in [-0.15, -0.1) is 0 Å². The Morgan fingerprint density at radius 3 is 2.47 bits per heavy atom. The number of hydrogen-bond acceptors (Lipinski definition) is 3. The number of primary sulfonamides is 1. The van der Waals surface area contributed by atoms with Gasteiger partial charge in [-0.25, -0.2) is 13.6 Å². The highest BCUT2D eigenvalue weighted by molar-refractivity contribution is 7.89. The van der Waals surface area contributed by atoms with Gasteiger partial charge in [0.2, 0.25) is 10.0 Å². The van der Waals surface area contributed by atoms with Crippen molar-refractivity contribution in [1.29, 1.82) is 0 Å². The van der Waals surface area contributed by atoms with Crippen LogP contribution in [-0.4, -0.2) is 21.5 Å². The first-order chi connectivity index (χ1) is 7.07. The third-order valence-electron chi connectivity index (χ3n) is 2.62. The molecule has 2 N–H and O–H groups in total. The Bertz CT molecular complexity index is 450. The summed E-state index contributed by atoms with van der Waals surface area (Å²) in [5.41, 5.74) is 0.944. The number of sulfonamides is 1. The van der Waals surface area contributed by atoms with E-state index < -0.39 is 10.0 Å². The first-order valence-corrected chi connectivity index (χ1v) is 6.50. The zero-order chi connectivity index (χ0) is 10.9. The number of rotatable bonds is 2. The molecule has 1 heterocycles. The number of nitrogens with two attached hydrogens (primary N) is 1. The molecule has 0 saturated carbocycles. The van der Waals surface area contributed by atoms with Crippen molar-refractivity contribution in [3.05, 3.63) is 24.3 Å². The number of anilines is 1. The standard InChI is InChI=1S/C10H14N2O2S/c11-15(13,14)10-5-3-4-9(8-10)12-6-1-2-7-12/h3-5,8H,1-2,6-7H2,(H2,11,13,14). The van der Waals surface area contributed by atoms with Gasteiger partial charge in [-0.2, -0.15) is 0 Å². The summed E-state index contributed by atoms with van der Waals surface area (Å²) in [7, 11) is -3.58. The maximum atomic E-state index is 11.2. The maximum Gasteiger partial charge on any atom is 0.238 e. The van der Waals surface area contributed by atoms with Crippen LogP contribution < -0.4 is 10.0 Å². The lowest BCUT2D eigenvalue weighted by molar-refractivity contribution is 0.598. The Hall–Kier alpha value is -1.07. The highest BCUT2D eigenvalue weighted by Crippen LogP contribution is 2.22. The molecule has 2 rings (SSSR count). The number of hydrogen-bond donors (Lipinski definition) is 1. The van der Waals surface area contributed by atoms with Gasteiger partial charge in [-0.3, -0.25) is 0 Å². The van der Waals surface area contributed by atoms with Crippen LogP contribution in [0.2, 0.25) is 0 Å². The first kappa shape index (κ1) is 10.4. The fraction of sp³-hybridized carbons (Fsp3) is 0.400. The molecular formula is C10H14N2O2S. The quantitative estimate of drug-likeness (QED) is 0.816. The Labute approximate surface area is 89.7 Å². The lowest BCUT2D eigenvalue weighted by Gasteiger charge is -2.17. The molecule has 15 heavy (non-hydrogen) atoms. The molecule has 1 fully saturated rings. The molecule has 0 radical (unpaired) electrons. The summed E-state index contributed by atoms with van der Waals surface area (Å²) in [5.74, 6) is 0. The average molecular weight is 226 g/mol. The van der Waals surface area contributed by atoms with Gasteiger partial charge in [0.15, 0.2) is 0 Å². The van der Waals surface area contributed by atoms with Crippen LogP contribution >= 0.6 is 0 Å². The maximum absolute atomic E-state index is 11.2. The second-order valence-electron chi connectivity index (χ2n) is 3.74. The molecule has 0 unspecified atom stereocenters. The Kier molecular flexibility index (Phi) is 2.67. The van der Waals surface area contributed by atoms with Crippen LogP contribution in [0.4, 0.5) is 5.69 Å². The van der Waals surface area contributed by atoms with Gasteiger partial charge < -0.3 is 4.90 Å². The summed E-state index contributed by atoms with van der Waals surface area (Å²) < 4.78 is 22.3. The summed E-state index contributed by atoms with van der Waals surface area (Å²) in [4.78, 5) is 2.36. The van der Waals surface area contributed by atoms with E-state index in [-0.39, 0.29) is 4.90 Å². The van der Waals surface area contributed by atoms with E-state index >= 15 is 0 Å². The van der Waals surface area contributed by atoms with E-state index in [1.165, 1.54) is 18.9 Å². The molecule has 5 heteroatoms. The van der Waals surface area contributed by atoms with Crippen molar-refractivity contribution in [2.24, 2.45) is 5.14 Å². The predicted octanol–water partition coefficient (Wildman–Crippen LogP) is 0.934. The smallest absolute Gasteiger partial charge is 0.238 e. The molecule has 0 aliphatic carbocycles. The Balaban J connectivity index is 2.34. The lowest BCUT2D eigenvalue weighted by atomic mass is 10.3. The van der Waals surface area contributed by atoms with Crippen LogP contribution in [0.25, 0.3) is 0 Å². The molecule has 82 valence electrons. The van der Waals surface area contributed by atoms with E-state index in [2.05, 4.69) is 4.90 Å². The average Bonchev–Trinajstić information content (AvgIpc) is 2.69. The molecule has 0 atom stereocenters. The van der Waals surface area contributed by atoms with Gasteiger partial charge >= 0.3 is 0 Å². The highest BCUT2D eigenvalue weighted by Gasteiger charge is 2.14. The van der Waals surface area contributed by atoms with Crippen LogP contribution in [0.1, 0.15) is 12.8 Å². The van der Waals surface area contributed by atoms with Crippen LogP contribution in [0.3, 0.4) is 0 Å². The Morgan fingerprint density at radius 2 is 1.87 bits per heavy atom. The molecule has 0 spiro atoms. The molecule has 0 aromatic heterocycles. The molecule has 1 aromatic rings. The van der Waals surface area contributed by atoms with Crippen molar-refractivity contribution in [1.82, 2.24) is 0 Å². The second kappa shape index (κ2) is 3.83. The van der Waals surface area contributed by atoms with E-state index in [0.717, 1.165) is 18.8 Å². The minimum atomic E-state index is -3.58. The van der Waals surface area contributed by atoms with Crippen molar-refractivity contribution >= 4 is 15.7 Å². The van der Waals surface area contributed by atoms with Gasteiger partial charge in [0.05, 0.1) is 4.90 Å². The molecule has 1 aliphatic rings. The number of nitrogens with zero attached hydrogens (tertiary/aromatic N) is 1. The zero-order valence-corrected chi connectivity index (χ0v) is 9.20. The van der Waals surface area contributed by atoms with Crippen LogP contribution in [0.15, 0.2) is 29.2 Å². The van der Waals surface area contributed by atoms with Crippen molar-refractivity contribution in [2.75, 3.05) is 18.0 Å². The fourth-order valence-electron chi connectivity index (χ4n) is 1.83. The fourth-order valence-corrected chi connectivity index (χ4v) is 2.39. The second-order valence-corrected chi connectivity index (χ2v) is 5.30. The third-order valence-corrected chi connectivity index (χ3v) is 3.53. The van der Waals surface area contributed by atoms with E-state index in [4.69, 9.17) is 5.14 Å². The Morgan fingerprint density at radius 1 is 1.20 bits per heavy atom. The van der Waals surface area contributed by atoms with E-state index in [1.54, 1.807) is 12.1 Å². The summed E-state index contributed by atoms with van der Waals surface area (Å²) in [5, 5.41) is 5.08. The minimum absolute atomic E-state index is 0.187. The van der Waals surface area contributed by atoms with Crippen molar-refractivity contribution in [2.45, 2.75) is 17.7 Å². The van der Waals surface area contributed by atoms with E-state index in [0.29, 0.717) is 0 Å². The molecule has 1 aliphatic heterocycles. The van der Waals surface area contributed by atoms with Crippen molar-refractivity contribution in [3.63, 3.8) is 0 Å². The highest BCUT2D eigenvalue weighted by atomic mass is 32.2. The van der Waals surface area contributed by atoms with E-state index in [9.17, 15) is 8.42 Å². The van der Waals surface area contributed by atoms with Crippen LogP contribution in [-0.2, 0) is 10.0 Å². The van der Waals surface area contributed by atoms with Crippen molar-refractivity contribution in [3.8, 4) is 0 Å². The first-order valence-electron chi connectivity index (χ1n) is 4.95. The van der Waals surface area contributed by atoms with Gasteiger partial charge in [0.25, 0.3) is 0 Å². The molecule has 1 aromatic carbocycles. The van der Waals surface area contributed by atoms with Gasteiger partial charge in [-0.1, -0.05) is 6.07 Å². The zero-order valence-electron chi connectivity index (χ0n) is 8.39. The predicted molar refractivity (Wildman–Crippen MR) is 59.3 cm³/mol.